The van der Waals surface area contributed by atoms with Crippen LogP contribution in [0.2, 0.25) is 0 Å². The van der Waals surface area contributed by atoms with Crippen LogP contribution in [0.15, 0.2) is 12.1 Å². The summed E-state index contributed by atoms with van der Waals surface area (Å²) in [6, 6.07) is 2.78. The Labute approximate surface area is 161 Å². The zero-order valence-corrected chi connectivity index (χ0v) is 16.9. The van der Waals surface area contributed by atoms with Crippen LogP contribution in [0.4, 0.5) is 10.1 Å². The van der Waals surface area contributed by atoms with E-state index >= 15 is 0 Å². The van der Waals surface area contributed by atoms with Crippen LogP contribution >= 0.6 is 0 Å². The molecule has 0 saturated heterocycles. The second-order valence-corrected chi connectivity index (χ2v) is 10.1. The van der Waals surface area contributed by atoms with Crippen LogP contribution in [-0.4, -0.2) is 57.9 Å². The zero-order chi connectivity index (χ0) is 19.6. The maximum absolute atomic E-state index is 14.1. The lowest BCUT2D eigenvalue weighted by molar-refractivity contribution is 0.239. The van der Waals surface area contributed by atoms with Crippen LogP contribution in [0.1, 0.15) is 37.2 Å². The number of phenols is 1. The Bertz CT molecular complexity index is 770. The molecule has 1 aliphatic heterocycles. The van der Waals surface area contributed by atoms with Gasteiger partial charge in [0.15, 0.2) is 0 Å². The van der Waals surface area contributed by atoms with Gasteiger partial charge < -0.3 is 15.3 Å². The highest BCUT2D eigenvalue weighted by Crippen LogP contribution is 2.47. The first kappa shape index (κ1) is 20.4. The Balaban J connectivity index is 1.61. The van der Waals surface area contributed by atoms with Crippen molar-refractivity contribution in [2.45, 2.75) is 31.6 Å². The first-order valence-electron chi connectivity index (χ1n) is 9.63. The van der Waals surface area contributed by atoms with Crippen molar-refractivity contribution < 1.29 is 17.9 Å². The third kappa shape index (κ3) is 5.12. The molecule has 0 aromatic heterocycles. The molecule has 3 rings (SSSR count). The maximum Gasteiger partial charge on any atom is 0.211 e. The van der Waals surface area contributed by atoms with Crippen LogP contribution in [0.25, 0.3) is 0 Å². The lowest BCUT2D eigenvalue weighted by atomic mass is 9.69. The highest BCUT2D eigenvalue weighted by Gasteiger charge is 2.37. The summed E-state index contributed by atoms with van der Waals surface area (Å²) < 4.78 is 41.3. The number of sulfonamides is 1. The van der Waals surface area contributed by atoms with Crippen molar-refractivity contribution in [2.75, 3.05) is 44.8 Å². The normalized spacial score (nSPS) is 25.0. The predicted molar refractivity (Wildman–Crippen MR) is 105 cm³/mol. The second kappa shape index (κ2) is 8.32. The lowest BCUT2D eigenvalue weighted by Gasteiger charge is -2.41. The average Bonchev–Trinajstić information content (AvgIpc) is 2.59. The molecule has 2 aliphatic rings. The van der Waals surface area contributed by atoms with Gasteiger partial charge >= 0.3 is 0 Å². The highest BCUT2D eigenvalue weighted by atomic mass is 32.2. The van der Waals surface area contributed by atoms with Crippen molar-refractivity contribution in [3.63, 3.8) is 0 Å². The Morgan fingerprint density at radius 1 is 1.33 bits per heavy atom. The Hall–Kier alpha value is -1.38. The van der Waals surface area contributed by atoms with Gasteiger partial charge in [-0.15, -0.1) is 0 Å². The van der Waals surface area contributed by atoms with E-state index in [4.69, 9.17) is 0 Å². The first-order valence-corrected chi connectivity index (χ1v) is 11.3. The number of nitrogens with zero attached hydrogens (tertiary/aromatic N) is 1. The first-order chi connectivity index (χ1) is 12.7. The standard InChI is InChI=1S/C19H30FN3O3S/c1-23(2)6-3-7-27(25,26)22-11-13-4-5-14-12-21-19-17(16(14)8-13)9-15(24)10-18(19)20/h9-10,13-14,16,21-22,24H,3-8,11-12H2,1-2H3. The topological polar surface area (TPSA) is 81.7 Å². The van der Waals surface area contributed by atoms with Gasteiger partial charge in [-0.25, -0.2) is 17.5 Å². The molecule has 0 amide bonds. The molecule has 27 heavy (non-hydrogen) atoms. The Morgan fingerprint density at radius 3 is 2.85 bits per heavy atom. The van der Waals surface area contributed by atoms with Gasteiger partial charge in [-0.1, -0.05) is 0 Å². The monoisotopic (exact) mass is 399 g/mol. The summed E-state index contributed by atoms with van der Waals surface area (Å²) in [5.74, 6) is 0.429. The predicted octanol–water partition coefficient (Wildman–Crippen LogP) is 2.33. The van der Waals surface area contributed by atoms with Crippen molar-refractivity contribution in [2.24, 2.45) is 11.8 Å². The van der Waals surface area contributed by atoms with E-state index in [9.17, 15) is 17.9 Å². The van der Waals surface area contributed by atoms with Crippen molar-refractivity contribution in [1.82, 2.24) is 9.62 Å². The van der Waals surface area contributed by atoms with Crippen molar-refractivity contribution in [3.8, 4) is 5.75 Å². The second-order valence-electron chi connectivity index (χ2n) is 8.14. The summed E-state index contributed by atoms with van der Waals surface area (Å²) in [5.41, 5.74) is 1.31. The maximum atomic E-state index is 14.1. The fourth-order valence-electron chi connectivity index (χ4n) is 4.34. The number of hydrogen-bond donors (Lipinski definition) is 3. The molecule has 8 heteroatoms. The molecule has 1 aromatic carbocycles. The summed E-state index contributed by atoms with van der Waals surface area (Å²) in [7, 11) is 0.584. The number of phenolic OH excluding ortho intramolecular Hbond substituents is 1. The molecular formula is C19H30FN3O3S. The van der Waals surface area contributed by atoms with Gasteiger partial charge in [0.25, 0.3) is 0 Å². The third-order valence-electron chi connectivity index (χ3n) is 5.76. The molecular weight excluding hydrogens is 369 g/mol. The fourth-order valence-corrected chi connectivity index (χ4v) is 5.49. The van der Waals surface area contributed by atoms with Gasteiger partial charge in [0.05, 0.1) is 11.4 Å². The molecule has 1 aromatic rings. The van der Waals surface area contributed by atoms with Gasteiger partial charge in [-0.2, -0.15) is 0 Å². The van der Waals surface area contributed by atoms with Crippen LogP contribution in [0, 0.1) is 17.7 Å². The summed E-state index contributed by atoms with van der Waals surface area (Å²) in [6.45, 7) is 1.90. The van der Waals surface area contributed by atoms with E-state index < -0.39 is 15.8 Å². The molecule has 1 aliphatic carbocycles. The molecule has 0 spiro atoms. The molecule has 1 heterocycles. The lowest BCUT2D eigenvalue weighted by Crippen LogP contribution is -2.38. The number of halogens is 1. The number of rotatable bonds is 7. The molecule has 3 N–H and O–H groups in total. The van der Waals surface area contributed by atoms with E-state index in [2.05, 4.69) is 10.0 Å². The highest BCUT2D eigenvalue weighted by molar-refractivity contribution is 7.89. The van der Waals surface area contributed by atoms with Crippen molar-refractivity contribution >= 4 is 15.7 Å². The van der Waals surface area contributed by atoms with Crippen molar-refractivity contribution in [1.29, 1.82) is 0 Å². The number of nitrogens with one attached hydrogen (secondary N) is 2. The quantitative estimate of drug-likeness (QED) is 0.613. The Kier molecular flexibility index (Phi) is 6.28. The number of benzene rings is 1. The molecule has 3 unspecified atom stereocenters. The minimum absolute atomic E-state index is 0.0579. The van der Waals surface area contributed by atoms with E-state index in [-0.39, 0.29) is 23.3 Å². The van der Waals surface area contributed by atoms with E-state index in [1.165, 1.54) is 0 Å². The molecule has 1 fully saturated rings. The molecule has 0 radical (unpaired) electrons. The van der Waals surface area contributed by atoms with Crippen LogP contribution in [-0.2, 0) is 10.0 Å². The number of fused-ring (bicyclic) bond motifs is 3. The van der Waals surface area contributed by atoms with Crippen LogP contribution < -0.4 is 10.0 Å². The molecule has 6 nitrogen and oxygen atoms in total. The SMILES string of the molecule is CN(C)CCCS(=O)(=O)NCC1CCC2CNc3c(F)cc(O)cc3C2C1. The molecule has 0 bridgehead atoms. The summed E-state index contributed by atoms with van der Waals surface area (Å²) >= 11 is 0. The smallest absolute Gasteiger partial charge is 0.211 e. The number of hydrogen-bond acceptors (Lipinski definition) is 5. The van der Waals surface area contributed by atoms with Gasteiger partial charge in [-0.05, 0) is 75.7 Å². The van der Waals surface area contributed by atoms with Gasteiger partial charge in [-0.3, -0.25) is 0 Å². The summed E-state index contributed by atoms with van der Waals surface area (Å²) in [6.07, 6.45) is 3.35. The average molecular weight is 400 g/mol. The minimum Gasteiger partial charge on any atom is -0.508 e. The molecule has 1 saturated carbocycles. The largest absolute Gasteiger partial charge is 0.508 e. The number of anilines is 1. The molecule has 152 valence electrons. The molecule has 3 atom stereocenters. The van der Waals surface area contributed by atoms with E-state index in [0.29, 0.717) is 24.6 Å². The van der Waals surface area contributed by atoms with Gasteiger partial charge in [0.2, 0.25) is 10.0 Å². The zero-order valence-electron chi connectivity index (χ0n) is 16.0. The Morgan fingerprint density at radius 2 is 2.11 bits per heavy atom. The third-order valence-corrected chi connectivity index (χ3v) is 7.19. The minimum atomic E-state index is -3.27. The van der Waals surface area contributed by atoms with E-state index in [0.717, 1.165) is 44.0 Å². The van der Waals surface area contributed by atoms with Crippen molar-refractivity contribution in [3.05, 3.63) is 23.5 Å². The number of aromatic hydroxyl groups is 1. The summed E-state index contributed by atoms with van der Waals surface area (Å²) in [4.78, 5) is 1.97. The van der Waals surface area contributed by atoms with E-state index in [1.54, 1.807) is 6.07 Å². The van der Waals surface area contributed by atoms with Crippen LogP contribution in [0.3, 0.4) is 0 Å². The van der Waals surface area contributed by atoms with Crippen LogP contribution in [0.5, 0.6) is 5.75 Å². The van der Waals surface area contributed by atoms with E-state index in [1.807, 2.05) is 19.0 Å². The summed E-state index contributed by atoms with van der Waals surface area (Å²) in [5, 5.41) is 13.0. The fraction of sp³-hybridized carbons (Fsp3) is 0.684. The van der Waals surface area contributed by atoms with Gasteiger partial charge in [0.1, 0.15) is 11.6 Å². The van der Waals surface area contributed by atoms with Gasteiger partial charge in [0, 0.05) is 19.2 Å².